The molecule has 3 heterocycles. The highest BCUT2D eigenvalue weighted by molar-refractivity contribution is 5.86. The van der Waals surface area contributed by atoms with Crippen LogP contribution in [0.4, 0.5) is 13.2 Å². The summed E-state index contributed by atoms with van der Waals surface area (Å²) in [6.45, 7) is 2.56. The standard InChI is InChI=1S/C19H22F3N5O/c20-19(21,22)14-26-10-6-16-17(26)2-1-3-18(16)28-15-4-8-25(9-5-15)12-13-27-11-7-23-24-27/h1-3,6-7,10-11,15H,4-5,8-9,12-14H2. The Morgan fingerprint density at radius 3 is 2.61 bits per heavy atom. The second kappa shape index (κ2) is 7.83. The fourth-order valence-corrected chi connectivity index (χ4v) is 3.66. The number of alkyl halides is 3. The molecule has 1 fully saturated rings. The molecule has 0 amide bonds. The number of likely N-dealkylation sites (tertiary alicyclic amines) is 1. The van der Waals surface area contributed by atoms with Crippen molar-refractivity contribution in [2.75, 3.05) is 19.6 Å². The van der Waals surface area contributed by atoms with Crippen molar-refractivity contribution in [1.29, 1.82) is 0 Å². The summed E-state index contributed by atoms with van der Waals surface area (Å²) in [6.07, 6.45) is 2.58. The maximum Gasteiger partial charge on any atom is 0.406 e. The summed E-state index contributed by atoms with van der Waals surface area (Å²) >= 11 is 0. The fourth-order valence-electron chi connectivity index (χ4n) is 3.66. The van der Waals surface area contributed by atoms with Crippen LogP contribution < -0.4 is 4.74 Å². The Kier molecular flexibility index (Phi) is 5.25. The number of piperidine rings is 1. The van der Waals surface area contributed by atoms with Crippen LogP contribution in [0.5, 0.6) is 5.75 Å². The topological polar surface area (TPSA) is 48.1 Å². The summed E-state index contributed by atoms with van der Waals surface area (Å²) in [7, 11) is 0. The average Bonchev–Trinajstić information content (AvgIpc) is 3.31. The highest BCUT2D eigenvalue weighted by Gasteiger charge is 2.28. The minimum Gasteiger partial charge on any atom is -0.490 e. The monoisotopic (exact) mass is 393 g/mol. The molecular weight excluding hydrogens is 371 g/mol. The lowest BCUT2D eigenvalue weighted by molar-refractivity contribution is -0.139. The van der Waals surface area contributed by atoms with Crippen molar-refractivity contribution < 1.29 is 17.9 Å². The van der Waals surface area contributed by atoms with Crippen LogP contribution in [0.15, 0.2) is 42.9 Å². The molecule has 0 saturated carbocycles. The summed E-state index contributed by atoms with van der Waals surface area (Å²) in [5.74, 6) is 0.652. The lowest BCUT2D eigenvalue weighted by Crippen LogP contribution is -2.39. The SMILES string of the molecule is FC(F)(F)Cn1ccc2c(OC3CCN(CCn4ccnn4)CC3)cccc21. The molecule has 0 radical (unpaired) electrons. The number of ether oxygens (including phenoxy) is 1. The van der Waals surface area contributed by atoms with E-state index in [0.717, 1.165) is 44.4 Å². The van der Waals surface area contributed by atoms with Crippen molar-refractivity contribution in [2.24, 2.45) is 0 Å². The Balaban J connectivity index is 1.35. The van der Waals surface area contributed by atoms with E-state index in [4.69, 9.17) is 4.74 Å². The second-order valence-electron chi connectivity index (χ2n) is 7.07. The van der Waals surface area contributed by atoms with Crippen molar-refractivity contribution in [1.82, 2.24) is 24.5 Å². The van der Waals surface area contributed by atoms with Crippen LogP contribution in [0.1, 0.15) is 12.8 Å². The first kappa shape index (κ1) is 18.8. The molecule has 0 bridgehead atoms. The van der Waals surface area contributed by atoms with E-state index in [2.05, 4.69) is 15.2 Å². The number of hydrogen-bond acceptors (Lipinski definition) is 4. The molecule has 150 valence electrons. The molecule has 1 aliphatic rings. The smallest absolute Gasteiger partial charge is 0.406 e. The predicted octanol–water partition coefficient (Wildman–Crippen LogP) is 3.34. The van der Waals surface area contributed by atoms with Crippen LogP contribution in [0.25, 0.3) is 10.9 Å². The molecule has 3 aromatic rings. The van der Waals surface area contributed by atoms with Crippen molar-refractivity contribution in [3.8, 4) is 5.75 Å². The highest BCUT2D eigenvalue weighted by Crippen LogP contribution is 2.30. The lowest BCUT2D eigenvalue weighted by Gasteiger charge is -2.32. The third-order valence-electron chi connectivity index (χ3n) is 5.07. The summed E-state index contributed by atoms with van der Waals surface area (Å²) < 4.78 is 47.4. The van der Waals surface area contributed by atoms with Crippen LogP contribution >= 0.6 is 0 Å². The zero-order valence-corrected chi connectivity index (χ0v) is 15.3. The van der Waals surface area contributed by atoms with E-state index < -0.39 is 12.7 Å². The fraction of sp³-hybridized carbons (Fsp3) is 0.474. The molecule has 0 spiro atoms. The van der Waals surface area contributed by atoms with Crippen molar-refractivity contribution in [2.45, 2.75) is 38.2 Å². The minimum absolute atomic E-state index is 0.0687. The van der Waals surface area contributed by atoms with Gasteiger partial charge >= 0.3 is 6.18 Å². The summed E-state index contributed by atoms with van der Waals surface area (Å²) in [4.78, 5) is 2.36. The van der Waals surface area contributed by atoms with Crippen molar-refractivity contribution >= 4 is 10.9 Å². The zero-order valence-electron chi connectivity index (χ0n) is 15.3. The van der Waals surface area contributed by atoms with E-state index in [1.165, 1.54) is 10.8 Å². The molecule has 1 aromatic carbocycles. The molecule has 0 N–H and O–H groups in total. The van der Waals surface area contributed by atoms with Crippen LogP contribution in [0, 0.1) is 0 Å². The molecule has 1 aliphatic heterocycles. The first-order valence-electron chi connectivity index (χ1n) is 9.36. The number of benzene rings is 1. The van der Waals surface area contributed by atoms with Gasteiger partial charge in [0.1, 0.15) is 18.4 Å². The zero-order chi connectivity index (χ0) is 19.6. The van der Waals surface area contributed by atoms with E-state index in [-0.39, 0.29) is 6.10 Å². The molecule has 0 unspecified atom stereocenters. The first-order chi connectivity index (χ1) is 13.5. The molecular formula is C19H22F3N5O. The highest BCUT2D eigenvalue weighted by atomic mass is 19.4. The van der Waals surface area contributed by atoms with E-state index in [1.807, 2.05) is 16.9 Å². The Morgan fingerprint density at radius 1 is 1.07 bits per heavy atom. The third-order valence-corrected chi connectivity index (χ3v) is 5.07. The first-order valence-corrected chi connectivity index (χ1v) is 9.36. The number of hydrogen-bond donors (Lipinski definition) is 0. The van der Waals surface area contributed by atoms with Crippen LogP contribution in [0.2, 0.25) is 0 Å². The summed E-state index contributed by atoms with van der Waals surface area (Å²) in [6, 6.07) is 6.97. The second-order valence-corrected chi connectivity index (χ2v) is 7.07. The lowest BCUT2D eigenvalue weighted by atomic mass is 10.1. The van der Waals surface area contributed by atoms with Gasteiger partial charge in [0.25, 0.3) is 0 Å². The van der Waals surface area contributed by atoms with Crippen LogP contribution in [0.3, 0.4) is 0 Å². The molecule has 1 saturated heterocycles. The van der Waals surface area contributed by atoms with Gasteiger partial charge in [-0.25, -0.2) is 0 Å². The quantitative estimate of drug-likeness (QED) is 0.645. The van der Waals surface area contributed by atoms with Crippen molar-refractivity contribution in [3.63, 3.8) is 0 Å². The molecule has 28 heavy (non-hydrogen) atoms. The average molecular weight is 393 g/mol. The Hall–Kier alpha value is -2.55. The van der Waals surface area contributed by atoms with Gasteiger partial charge in [-0.15, -0.1) is 5.10 Å². The number of nitrogens with zero attached hydrogens (tertiary/aromatic N) is 5. The third kappa shape index (κ3) is 4.46. The maximum absolute atomic E-state index is 12.7. The molecule has 0 aliphatic carbocycles. The predicted molar refractivity (Wildman–Crippen MR) is 98.1 cm³/mol. The van der Waals surface area contributed by atoms with Gasteiger partial charge < -0.3 is 14.2 Å². The maximum atomic E-state index is 12.7. The number of aromatic nitrogens is 4. The van der Waals surface area contributed by atoms with E-state index in [1.54, 1.807) is 24.4 Å². The van der Waals surface area contributed by atoms with Crippen molar-refractivity contribution in [3.05, 3.63) is 42.9 Å². The van der Waals surface area contributed by atoms with Gasteiger partial charge in [0, 0.05) is 37.4 Å². The van der Waals surface area contributed by atoms with Gasteiger partial charge in [-0.2, -0.15) is 13.2 Å². The summed E-state index contributed by atoms with van der Waals surface area (Å²) in [5, 5.41) is 8.49. The van der Waals surface area contributed by atoms with Crippen LogP contribution in [-0.2, 0) is 13.1 Å². The summed E-state index contributed by atoms with van der Waals surface area (Å²) in [5.41, 5.74) is 0.542. The Morgan fingerprint density at radius 2 is 1.89 bits per heavy atom. The van der Waals surface area contributed by atoms with E-state index >= 15 is 0 Å². The molecule has 2 aromatic heterocycles. The van der Waals surface area contributed by atoms with Gasteiger partial charge in [-0.1, -0.05) is 11.3 Å². The van der Waals surface area contributed by atoms with Gasteiger partial charge in [0.2, 0.25) is 0 Å². The molecule has 9 heteroatoms. The van der Waals surface area contributed by atoms with Gasteiger partial charge in [-0.05, 0) is 31.0 Å². The Bertz CT molecular complexity index is 898. The molecule has 4 rings (SSSR count). The Labute approximate surface area is 160 Å². The number of rotatable bonds is 6. The molecule has 6 nitrogen and oxygen atoms in total. The minimum atomic E-state index is -4.25. The van der Waals surface area contributed by atoms with Gasteiger partial charge in [0.15, 0.2) is 0 Å². The number of halogens is 3. The van der Waals surface area contributed by atoms with Crippen LogP contribution in [-0.4, -0.2) is 56.4 Å². The number of fused-ring (bicyclic) bond motifs is 1. The van der Waals surface area contributed by atoms with E-state index in [0.29, 0.717) is 11.3 Å². The van der Waals surface area contributed by atoms with Gasteiger partial charge in [0.05, 0.1) is 18.3 Å². The van der Waals surface area contributed by atoms with E-state index in [9.17, 15) is 13.2 Å². The largest absolute Gasteiger partial charge is 0.490 e. The normalized spacial score (nSPS) is 16.7. The van der Waals surface area contributed by atoms with Gasteiger partial charge in [-0.3, -0.25) is 4.68 Å². The molecule has 0 atom stereocenters.